The summed E-state index contributed by atoms with van der Waals surface area (Å²) < 4.78 is 49.6. The molecular formula is C22H21F3N2O3. The van der Waals surface area contributed by atoms with Gasteiger partial charge in [-0.15, -0.1) is 0 Å². The van der Waals surface area contributed by atoms with E-state index in [-0.39, 0.29) is 12.5 Å². The van der Waals surface area contributed by atoms with Gasteiger partial charge in [-0.25, -0.2) is 10.5 Å². The zero-order chi connectivity index (χ0) is 21.7. The second-order valence-electron chi connectivity index (χ2n) is 6.66. The molecule has 0 atom stereocenters. The normalized spacial score (nSPS) is 12.3. The van der Waals surface area contributed by atoms with Crippen LogP contribution in [0.2, 0.25) is 0 Å². The number of oxazole rings is 1. The Morgan fingerprint density at radius 2 is 1.93 bits per heavy atom. The highest BCUT2D eigenvalue weighted by atomic mass is 19.4. The monoisotopic (exact) mass is 418 g/mol. The van der Waals surface area contributed by atoms with Crippen LogP contribution in [0, 0.1) is 6.92 Å². The van der Waals surface area contributed by atoms with Gasteiger partial charge in [0.15, 0.2) is 0 Å². The molecule has 0 saturated carbocycles. The lowest BCUT2D eigenvalue weighted by atomic mass is 10.1. The van der Waals surface area contributed by atoms with E-state index in [0.29, 0.717) is 29.3 Å². The van der Waals surface area contributed by atoms with E-state index in [9.17, 15) is 13.2 Å². The molecule has 0 aliphatic rings. The second-order valence-corrected chi connectivity index (χ2v) is 6.66. The maximum absolute atomic E-state index is 12.7. The number of alkyl halides is 3. The van der Waals surface area contributed by atoms with Gasteiger partial charge < -0.3 is 14.4 Å². The molecule has 158 valence electrons. The van der Waals surface area contributed by atoms with Crippen molar-refractivity contribution in [2.75, 3.05) is 6.54 Å². The minimum Gasteiger partial charge on any atom is -0.487 e. The zero-order valence-electron chi connectivity index (χ0n) is 16.5. The van der Waals surface area contributed by atoms with E-state index >= 15 is 0 Å². The summed E-state index contributed by atoms with van der Waals surface area (Å²) in [6, 6.07) is 12.1. The van der Waals surface area contributed by atoms with Crippen LogP contribution in [0.4, 0.5) is 13.2 Å². The lowest BCUT2D eigenvalue weighted by Crippen LogP contribution is -2.05. The standard InChI is InChI=1S/C22H21F3N2O3/c1-14(10-11-26-28)17-4-3-5-19(12-17)29-13-20-15(2)30-21(27-20)16-6-8-18(9-7-16)22(23,24)25/h3-10,12,26,28H,11,13H2,1-2H3/b14-10-. The van der Waals surface area contributed by atoms with Gasteiger partial charge in [0.1, 0.15) is 23.8 Å². The third-order valence-corrected chi connectivity index (χ3v) is 4.52. The zero-order valence-corrected chi connectivity index (χ0v) is 16.5. The van der Waals surface area contributed by atoms with Gasteiger partial charge in [0.25, 0.3) is 0 Å². The lowest BCUT2D eigenvalue weighted by molar-refractivity contribution is -0.137. The van der Waals surface area contributed by atoms with Crippen molar-refractivity contribution < 1.29 is 27.5 Å². The Morgan fingerprint density at radius 1 is 1.20 bits per heavy atom. The molecule has 8 heteroatoms. The summed E-state index contributed by atoms with van der Waals surface area (Å²) in [5, 5.41) is 8.70. The SMILES string of the molecule is C/C(=C/CNO)c1cccc(OCc2nc(-c3ccc(C(F)(F)F)cc3)oc2C)c1. The third kappa shape index (κ3) is 5.28. The van der Waals surface area contributed by atoms with Gasteiger partial charge in [0, 0.05) is 12.1 Å². The number of rotatable bonds is 7. The minimum absolute atomic E-state index is 0.153. The topological polar surface area (TPSA) is 67.5 Å². The van der Waals surface area contributed by atoms with Crippen LogP contribution in [0.3, 0.4) is 0 Å². The van der Waals surface area contributed by atoms with Crippen molar-refractivity contribution in [1.29, 1.82) is 0 Å². The summed E-state index contributed by atoms with van der Waals surface area (Å²) in [5.74, 6) is 1.41. The van der Waals surface area contributed by atoms with Crippen LogP contribution in [0.1, 0.15) is 29.5 Å². The predicted octanol–water partition coefficient (Wildman–Crippen LogP) is 5.63. The van der Waals surface area contributed by atoms with Gasteiger partial charge in [0.05, 0.1) is 5.56 Å². The molecular weight excluding hydrogens is 397 g/mol. The van der Waals surface area contributed by atoms with Crippen LogP contribution >= 0.6 is 0 Å². The maximum atomic E-state index is 12.7. The smallest absolute Gasteiger partial charge is 0.416 e. The van der Waals surface area contributed by atoms with Crippen LogP contribution in [-0.4, -0.2) is 16.7 Å². The van der Waals surface area contributed by atoms with Crippen molar-refractivity contribution in [3.05, 3.63) is 77.2 Å². The minimum atomic E-state index is -4.39. The predicted molar refractivity (Wildman–Crippen MR) is 106 cm³/mol. The van der Waals surface area contributed by atoms with Crippen molar-refractivity contribution in [3.63, 3.8) is 0 Å². The molecule has 2 aromatic carbocycles. The molecule has 3 rings (SSSR count). The quantitative estimate of drug-likeness (QED) is 0.487. The van der Waals surface area contributed by atoms with Gasteiger partial charge in [0.2, 0.25) is 5.89 Å². The van der Waals surface area contributed by atoms with E-state index in [1.807, 2.05) is 37.3 Å². The fraction of sp³-hybridized carbons (Fsp3) is 0.227. The van der Waals surface area contributed by atoms with E-state index in [4.69, 9.17) is 14.4 Å². The Hall–Kier alpha value is -3.10. The van der Waals surface area contributed by atoms with Gasteiger partial charge in [-0.3, -0.25) is 0 Å². The number of aromatic nitrogens is 1. The number of ether oxygens (including phenoxy) is 1. The molecule has 1 heterocycles. The highest BCUT2D eigenvalue weighted by Crippen LogP contribution is 2.31. The number of allylic oxidation sites excluding steroid dienone is 1. The molecule has 0 bridgehead atoms. The molecule has 0 aliphatic heterocycles. The molecule has 1 aromatic heterocycles. The highest BCUT2D eigenvalue weighted by molar-refractivity contribution is 5.65. The summed E-state index contributed by atoms with van der Waals surface area (Å²) in [4.78, 5) is 4.36. The Morgan fingerprint density at radius 3 is 2.60 bits per heavy atom. The maximum Gasteiger partial charge on any atom is 0.416 e. The van der Waals surface area contributed by atoms with Crippen LogP contribution in [-0.2, 0) is 12.8 Å². The molecule has 0 aliphatic carbocycles. The Bertz CT molecular complexity index is 1020. The fourth-order valence-corrected chi connectivity index (χ4v) is 2.79. The molecule has 2 N–H and O–H groups in total. The first-order valence-corrected chi connectivity index (χ1v) is 9.19. The van der Waals surface area contributed by atoms with Crippen molar-refractivity contribution >= 4 is 5.57 Å². The molecule has 0 radical (unpaired) electrons. The van der Waals surface area contributed by atoms with Crippen LogP contribution < -0.4 is 10.2 Å². The van der Waals surface area contributed by atoms with E-state index < -0.39 is 11.7 Å². The lowest BCUT2D eigenvalue weighted by Gasteiger charge is -2.08. The van der Waals surface area contributed by atoms with E-state index in [1.54, 1.807) is 6.92 Å². The van der Waals surface area contributed by atoms with Gasteiger partial charge in [-0.2, -0.15) is 13.2 Å². The molecule has 0 spiro atoms. The number of hydrogen-bond donors (Lipinski definition) is 2. The Balaban J connectivity index is 1.71. The van der Waals surface area contributed by atoms with Gasteiger partial charge in [-0.1, -0.05) is 18.2 Å². The Kier molecular flexibility index (Phi) is 6.59. The van der Waals surface area contributed by atoms with Crippen LogP contribution in [0.25, 0.3) is 17.0 Å². The molecule has 0 unspecified atom stereocenters. The molecule has 30 heavy (non-hydrogen) atoms. The highest BCUT2D eigenvalue weighted by Gasteiger charge is 2.30. The summed E-state index contributed by atoms with van der Waals surface area (Å²) in [6.45, 7) is 4.14. The summed E-state index contributed by atoms with van der Waals surface area (Å²) in [5.41, 5.74) is 4.30. The second kappa shape index (κ2) is 9.15. The number of aryl methyl sites for hydroxylation is 1. The number of halogens is 3. The molecule has 5 nitrogen and oxygen atoms in total. The number of hydroxylamine groups is 1. The van der Waals surface area contributed by atoms with Crippen molar-refractivity contribution in [3.8, 4) is 17.2 Å². The average molecular weight is 418 g/mol. The van der Waals surface area contributed by atoms with Crippen molar-refractivity contribution in [2.45, 2.75) is 26.6 Å². The molecule has 0 fully saturated rings. The van der Waals surface area contributed by atoms with Gasteiger partial charge in [-0.05, 0) is 61.4 Å². The van der Waals surface area contributed by atoms with Crippen molar-refractivity contribution in [1.82, 2.24) is 10.5 Å². The number of benzene rings is 2. The fourth-order valence-electron chi connectivity index (χ4n) is 2.79. The van der Waals surface area contributed by atoms with Gasteiger partial charge >= 0.3 is 6.18 Å². The molecule has 3 aromatic rings. The largest absolute Gasteiger partial charge is 0.487 e. The molecule has 0 amide bonds. The Labute approximate surface area is 171 Å². The number of nitrogens with zero attached hydrogens (tertiary/aromatic N) is 1. The van der Waals surface area contributed by atoms with Crippen molar-refractivity contribution in [2.24, 2.45) is 0 Å². The number of hydrogen-bond acceptors (Lipinski definition) is 5. The average Bonchev–Trinajstić information content (AvgIpc) is 3.10. The summed E-state index contributed by atoms with van der Waals surface area (Å²) in [7, 11) is 0. The van der Waals surface area contributed by atoms with E-state index in [2.05, 4.69) is 10.5 Å². The first kappa shape index (κ1) is 21.6. The molecule has 0 saturated heterocycles. The third-order valence-electron chi connectivity index (χ3n) is 4.52. The van der Waals surface area contributed by atoms with E-state index in [1.165, 1.54) is 12.1 Å². The summed E-state index contributed by atoms with van der Waals surface area (Å²) >= 11 is 0. The van der Waals surface area contributed by atoms with Crippen LogP contribution in [0.5, 0.6) is 5.75 Å². The first-order chi connectivity index (χ1) is 14.3. The number of nitrogens with one attached hydrogen (secondary N) is 1. The first-order valence-electron chi connectivity index (χ1n) is 9.19. The summed E-state index contributed by atoms with van der Waals surface area (Å²) in [6.07, 6.45) is -2.54. The van der Waals surface area contributed by atoms with E-state index in [0.717, 1.165) is 23.3 Å². The van der Waals surface area contributed by atoms with Crippen LogP contribution in [0.15, 0.2) is 59.0 Å².